The molecule has 1 aliphatic carbocycles. The highest BCUT2D eigenvalue weighted by atomic mass is 16.3. The third-order valence-corrected chi connectivity index (χ3v) is 3.30. The number of carbonyl (C=O) groups excluding carboxylic acids is 1. The fourth-order valence-electron chi connectivity index (χ4n) is 2.45. The van der Waals surface area contributed by atoms with Gasteiger partial charge in [-0.25, -0.2) is 0 Å². The summed E-state index contributed by atoms with van der Waals surface area (Å²) in [6.07, 6.45) is 6.18. The normalized spacial score (nSPS) is 16.4. The van der Waals surface area contributed by atoms with Crippen molar-refractivity contribution < 1.29 is 9.90 Å². The summed E-state index contributed by atoms with van der Waals surface area (Å²) < 4.78 is 1.62. The number of nitrogens with zero attached hydrogens (tertiary/aromatic N) is 3. The van der Waals surface area contributed by atoms with Gasteiger partial charge < -0.3 is 10.0 Å². The van der Waals surface area contributed by atoms with E-state index in [1.807, 2.05) is 0 Å². The van der Waals surface area contributed by atoms with E-state index in [4.69, 9.17) is 5.11 Å². The first-order chi connectivity index (χ1) is 8.22. The van der Waals surface area contributed by atoms with Gasteiger partial charge in [0.1, 0.15) is 5.69 Å². The summed E-state index contributed by atoms with van der Waals surface area (Å²) in [5, 5.41) is 13.2. The molecular formula is C12H19N3O2. The van der Waals surface area contributed by atoms with Gasteiger partial charge in [0.15, 0.2) is 0 Å². The quantitative estimate of drug-likeness (QED) is 0.842. The molecule has 0 aliphatic heterocycles. The zero-order chi connectivity index (χ0) is 12.3. The fourth-order valence-corrected chi connectivity index (χ4v) is 2.45. The van der Waals surface area contributed by atoms with E-state index in [1.165, 1.54) is 12.8 Å². The molecule has 0 atom stereocenters. The number of amides is 1. The number of aryl methyl sites for hydroxylation is 1. The molecule has 0 aromatic carbocycles. The van der Waals surface area contributed by atoms with Crippen LogP contribution in [0, 0.1) is 0 Å². The Morgan fingerprint density at radius 1 is 1.59 bits per heavy atom. The minimum Gasteiger partial charge on any atom is -0.395 e. The molecule has 0 unspecified atom stereocenters. The molecule has 2 rings (SSSR count). The maximum absolute atomic E-state index is 12.3. The van der Waals surface area contributed by atoms with Gasteiger partial charge in [-0.1, -0.05) is 12.8 Å². The second-order valence-electron chi connectivity index (χ2n) is 4.54. The molecule has 17 heavy (non-hydrogen) atoms. The van der Waals surface area contributed by atoms with E-state index in [9.17, 15) is 4.79 Å². The van der Waals surface area contributed by atoms with Crippen LogP contribution in [0.2, 0.25) is 0 Å². The monoisotopic (exact) mass is 237 g/mol. The fraction of sp³-hybridized carbons (Fsp3) is 0.667. The molecule has 0 bridgehead atoms. The first-order valence-corrected chi connectivity index (χ1v) is 6.14. The Morgan fingerprint density at radius 3 is 2.82 bits per heavy atom. The van der Waals surface area contributed by atoms with Crippen molar-refractivity contribution in [2.75, 3.05) is 13.2 Å². The molecule has 1 aliphatic rings. The molecule has 1 aromatic rings. The number of rotatable bonds is 4. The minimum absolute atomic E-state index is 0.00900. The number of hydrogen-bond acceptors (Lipinski definition) is 3. The third-order valence-electron chi connectivity index (χ3n) is 3.30. The van der Waals surface area contributed by atoms with Gasteiger partial charge in [-0.15, -0.1) is 0 Å². The summed E-state index contributed by atoms with van der Waals surface area (Å²) in [6.45, 7) is 0.412. The van der Waals surface area contributed by atoms with E-state index in [2.05, 4.69) is 5.10 Å². The summed E-state index contributed by atoms with van der Waals surface area (Å²) >= 11 is 0. The van der Waals surface area contributed by atoms with Crippen LogP contribution in [-0.4, -0.2) is 44.9 Å². The van der Waals surface area contributed by atoms with Crippen LogP contribution in [0.3, 0.4) is 0 Å². The molecular weight excluding hydrogens is 218 g/mol. The molecule has 94 valence electrons. The lowest BCUT2D eigenvalue weighted by Crippen LogP contribution is -2.41. The van der Waals surface area contributed by atoms with Crippen LogP contribution in [0.4, 0.5) is 0 Å². The van der Waals surface area contributed by atoms with E-state index >= 15 is 0 Å². The maximum atomic E-state index is 12.3. The van der Waals surface area contributed by atoms with Crippen LogP contribution in [0.5, 0.6) is 0 Å². The number of aliphatic hydroxyl groups is 1. The summed E-state index contributed by atoms with van der Waals surface area (Å²) in [7, 11) is 1.79. The lowest BCUT2D eigenvalue weighted by molar-refractivity contribution is 0.0631. The first-order valence-electron chi connectivity index (χ1n) is 6.14. The largest absolute Gasteiger partial charge is 0.395 e. The minimum atomic E-state index is -0.0634. The molecule has 1 aromatic heterocycles. The van der Waals surface area contributed by atoms with Crippen molar-refractivity contribution in [3.8, 4) is 0 Å². The molecule has 5 heteroatoms. The van der Waals surface area contributed by atoms with Gasteiger partial charge in [0.05, 0.1) is 6.61 Å². The van der Waals surface area contributed by atoms with E-state index in [0.29, 0.717) is 12.2 Å². The Kier molecular flexibility index (Phi) is 3.78. The predicted molar refractivity (Wildman–Crippen MR) is 63.6 cm³/mol. The smallest absolute Gasteiger partial charge is 0.274 e. The summed E-state index contributed by atoms with van der Waals surface area (Å²) in [6, 6.07) is 2.00. The van der Waals surface area contributed by atoms with Crippen molar-refractivity contribution in [3.05, 3.63) is 18.0 Å². The molecule has 0 saturated heterocycles. The van der Waals surface area contributed by atoms with Gasteiger partial charge in [0, 0.05) is 25.8 Å². The molecule has 1 heterocycles. The third kappa shape index (κ3) is 2.66. The standard InChI is InChI=1S/C12H19N3O2/c1-14-7-6-11(13-14)12(17)15(8-9-16)10-4-2-3-5-10/h6-7,10,16H,2-5,8-9H2,1H3. The Labute approximate surface area is 101 Å². The van der Waals surface area contributed by atoms with Crippen LogP contribution in [0.25, 0.3) is 0 Å². The van der Waals surface area contributed by atoms with Crippen LogP contribution in [0.1, 0.15) is 36.2 Å². The average molecular weight is 237 g/mol. The number of aromatic nitrogens is 2. The summed E-state index contributed by atoms with van der Waals surface area (Å²) in [5.74, 6) is -0.0634. The number of hydrogen-bond donors (Lipinski definition) is 1. The van der Waals surface area contributed by atoms with Crippen molar-refractivity contribution in [2.45, 2.75) is 31.7 Å². The lowest BCUT2D eigenvalue weighted by Gasteiger charge is -2.27. The van der Waals surface area contributed by atoms with Crippen molar-refractivity contribution in [1.29, 1.82) is 0 Å². The highest BCUT2D eigenvalue weighted by Crippen LogP contribution is 2.24. The molecule has 1 fully saturated rings. The van der Waals surface area contributed by atoms with Crippen LogP contribution >= 0.6 is 0 Å². The number of carbonyl (C=O) groups is 1. The second kappa shape index (κ2) is 5.31. The first kappa shape index (κ1) is 12.1. The summed E-state index contributed by atoms with van der Waals surface area (Å²) in [4.78, 5) is 14.0. The zero-order valence-electron chi connectivity index (χ0n) is 10.2. The molecule has 1 N–H and O–H groups in total. The van der Waals surface area contributed by atoms with Crippen molar-refractivity contribution in [1.82, 2.24) is 14.7 Å². The Morgan fingerprint density at radius 2 is 2.29 bits per heavy atom. The van der Waals surface area contributed by atoms with E-state index in [1.54, 1.807) is 28.9 Å². The van der Waals surface area contributed by atoms with Crippen LogP contribution in [-0.2, 0) is 7.05 Å². The second-order valence-corrected chi connectivity index (χ2v) is 4.54. The van der Waals surface area contributed by atoms with Crippen molar-refractivity contribution >= 4 is 5.91 Å². The zero-order valence-corrected chi connectivity index (χ0v) is 10.2. The van der Waals surface area contributed by atoms with Crippen molar-refractivity contribution in [3.63, 3.8) is 0 Å². The lowest BCUT2D eigenvalue weighted by atomic mass is 10.2. The average Bonchev–Trinajstić information content (AvgIpc) is 2.95. The SMILES string of the molecule is Cn1ccc(C(=O)N(CCO)C2CCCC2)n1. The maximum Gasteiger partial charge on any atom is 0.274 e. The highest BCUT2D eigenvalue weighted by Gasteiger charge is 2.27. The molecule has 0 radical (unpaired) electrons. The Bertz CT molecular complexity index is 383. The van der Waals surface area contributed by atoms with Gasteiger partial charge in [0.2, 0.25) is 0 Å². The molecule has 5 nitrogen and oxygen atoms in total. The van der Waals surface area contributed by atoms with Gasteiger partial charge in [-0.05, 0) is 18.9 Å². The molecule has 1 amide bonds. The van der Waals surface area contributed by atoms with Crippen LogP contribution in [0.15, 0.2) is 12.3 Å². The van der Waals surface area contributed by atoms with E-state index < -0.39 is 0 Å². The number of aliphatic hydroxyl groups excluding tert-OH is 1. The van der Waals surface area contributed by atoms with Crippen LogP contribution < -0.4 is 0 Å². The van der Waals surface area contributed by atoms with Gasteiger partial charge in [-0.2, -0.15) is 5.10 Å². The molecule has 1 saturated carbocycles. The van der Waals surface area contributed by atoms with E-state index in [-0.39, 0.29) is 18.6 Å². The topological polar surface area (TPSA) is 58.4 Å². The van der Waals surface area contributed by atoms with E-state index in [0.717, 1.165) is 12.8 Å². The Hall–Kier alpha value is -1.36. The van der Waals surface area contributed by atoms with Gasteiger partial charge in [0.25, 0.3) is 5.91 Å². The molecule has 0 spiro atoms. The Balaban J connectivity index is 2.12. The van der Waals surface area contributed by atoms with Gasteiger partial charge in [-0.3, -0.25) is 9.48 Å². The van der Waals surface area contributed by atoms with Crippen molar-refractivity contribution in [2.24, 2.45) is 7.05 Å². The predicted octanol–water partition coefficient (Wildman–Crippen LogP) is 0.797. The summed E-state index contributed by atoms with van der Waals surface area (Å²) in [5.41, 5.74) is 0.466. The van der Waals surface area contributed by atoms with Gasteiger partial charge >= 0.3 is 0 Å². The highest BCUT2D eigenvalue weighted by molar-refractivity contribution is 5.92.